The summed E-state index contributed by atoms with van der Waals surface area (Å²) < 4.78 is 39.0. The number of nitrogens with zero attached hydrogens (tertiary/aromatic N) is 1. The van der Waals surface area contributed by atoms with Gasteiger partial charge in [-0.2, -0.15) is 0 Å². The fourth-order valence-corrected chi connectivity index (χ4v) is 2.45. The van der Waals surface area contributed by atoms with Crippen molar-refractivity contribution in [3.05, 3.63) is 51.7 Å². The van der Waals surface area contributed by atoms with E-state index in [1.54, 1.807) is 11.6 Å². The second-order valence-corrected chi connectivity index (χ2v) is 4.98. The molecular formula is C13H11F3N2OS. The molecule has 0 saturated carbocycles. The first-order valence-corrected chi connectivity index (χ1v) is 6.75. The number of aromatic nitrogens is 1. The quantitative estimate of drug-likeness (QED) is 0.879. The second-order valence-electron chi connectivity index (χ2n) is 4.06. The van der Waals surface area contributed by atoms with Crippen molar-refractivity contribution in [3.63, 3.8) is 0 Å². The van der Waals surface area contributed by atoms with Gasteiger partial charge < -0.3 is 5.32 Å². The van der Waals surface area contributed by atoms with Gasteiger partial charge in [0, 0.05) is 17.1 Å². The van der Waals surface area contributed by atoms with Gasteiger partial charge in [0.2, 0.25) is 0 Å². The Balaban J connectivity index is 2.19. The molecule has 0 radical (unpaired) electrons. The summed E-state index contributed by atoms with van der Waals surface area (Å²) in [6, 6.07) is 0.989. The number of hydrogen-bond acceptors (Lipinski definition) is 3. The van der Waals surface area contributed by atoms with Crippen molar-refractivity contribution >= 4 is 17.2 Å². The van der Waals surface area contributed by atoms with Crippen LogP contribution in [0.5, 0.6) is 0 Å². The first-order chi connectivity index (χ1) is 9.52. The number of carbonyl (C=O) groups excluding carboxylic acids is 1. The Labute approximate surface area is 117 Å². The Morgan fingerprint density at radius 1 is 1.35 bits per heavy atom. The van der Waals surface area contributed by atoms with Gasteiger partial charge in [0.25, 0.3) is 5.91 Å². The van der Waals surface area contributed by atoms with E-state index in [-0.39, 0.29) is 11.6 Å². The summed E-state index contributed by atoms with van der Waals surface area (Å²) in [5.74, 6) is -5.05. The van der Waals surface area contributed by atoms with E-state index < -0.39 is 23.4 Å². The zero-order valence-corrected chi connectivity index (χ0v) is 11.3. The molecule has 7 heteroatoms. The van der Waals surface area contributed by atoms with Crippen LogP contribution in [0, 0.1) is 17.5 Å². The molecule has 0 saturated heterocycles. The maximum atomic E-state index is 13.1. The molecule has 0 aliphatic carbocycles. The number of thiazole rings is 1. The van der Waals surface area contributed by atoms with Gasteiger partial charge in [-0.1, -0.05) is 6.92 Å². The molecule has 0 spiro atoms. The number of halogens is 3. The molecule has 0 aliphatic heterocycles. The highest BCUT2D eigenvalue weighted by Crippen LogP contribution is 2.20. The van der Waals surface area contributed by atoms with E-state index in [1.807, 2.05) is 6.92 Å². The summed E-state index contributed by atoms with van der Waals surface area (Å²) >= 11 is 1.37. The second kappa shape index (κ2) is 6.04. The van der Waals surface area contributed by atoms with Gasteiger partial charge in [0.05, 0.1) is 6.04 Å². The van der Waals surface area contributed by atoms with Gasteiger partial charge >= 0.3 is 0 Å². The van der Waals surface area contributed by atoms with Crippen LogP contribution in [-0.2, 0) is 0 Å². The Hall–Kier alpha value is -1.89. The number of hydrogen-bond donors (Lipinski definition) is 1. The van der Waals surface area contributed by atoms with Gasteiger partial charge in [-0.25, -0.2) is 18.2 Å². The molecule has 2 aromatic rings. The minimum Gasteiger partial charge on any atom is -0.343 e. The highest BCUT2D eigenvalue weighted by atomic mass is 32.1. The molecule has 3 nitrogen and oxygen atoms in total. The van der Waals surface area contributed by atoms with Crippen LogP contribution in [0.4, 0.5) is 13.2 Å². The molecule has 0 aliphatic rings. The normalized spacial score (nSPS) is 12.2. The highest BCUT2D eigenvalue weighted by Gasteiger charge is 2.19. The lowest BCUT2D eigenvalue weighted by Crippen LogP contribution is -2.28. The van der Waals surface area contributed by atoms with Crippen molar-refractivity contribution in [2.24, 2.45) is 0 Å². The van der Waals surface area contributed by atoms with Crippen molar-refractivity contribution in [2.45, 2.75) is 19.4 Å². The molecule has 1 N–H and O–H groups in total. The summed E-state index contributed by atoms with van der Waals surface area (Å²) in [6.07, 6.45) is 2.18. The summed E-state index contributed by atoms with van der Waals surface area (Å²) in [4.78, 5) is 16.0. The summed E-state index contributed by atoms with van der Waals surface area (Å²) in [5, 5.41) is 5.08. The lowest BCUT2D eigenvalue weighted by molar-refractivity contribution is 0.0934. The average molecular weight is 300 g/mol. The van der Waals surface area contributed by atoms with E-state index in [9.17, 15) is 18.0 Å². The third-order valence-corrected chi connectivity index (χ3v) is 3.60. The summed E-state index contributed by atoms with van der Waals surface area (Å²) in [5.41, 5.74) is -0.267. The smallest absolute Gasteiger partial charge is 0.252 e. The van der Waals surface area contributed by atoms with Crippen LogP contribution < -0.4 is 5.32 Å². The Morgan fingerprint density at radius 3 is 2.50 bits per heavy atom. The lowest BCUT2D eigenvalue weighted by atomic mass is 10.1. The fourth-order valence-electron chi connectivity index (χ4n) is 1.67. The zero-order valence-electron chi connectivity index (χ0n) is 10.5. The van der Waals surface area contributed by atoms with Gasteiger partial charge in [-0.05, 0) is 18.6 Å². The van der Waals surface area contributed by atoms with E-state index in [0.29, 0.717) is 23.6 Å². The van der Waals surface area contributed by atoms with E-state index in [0.717, 1.165) is 0 Å². The fraction of sp³-hybridized carbons (Fsp3) is 0.231. The van der Waals surface area contributed by atoms with Gasteiger partial charge in [-0.15, -0.1) is 11.3 Å². The maximum Gasteiger partial charge on any atom is 0.252 e. The van der Waals surface area contributed by atoms with Crippen LogP contribution in [-0.4, -0.2) is 10.9 Å². The summed E-state index contributed by atoms with van der Waals surface area (Å²) in [6.45, 7) is 1.85. The van der Waals surface area contributed by atoms with Crippen LogP contribution in [0.25, 0.3) is 0 Å². The molecule has 1 unspecified atom stereocenters. The number of carbonyl (C=O) groups is 1. The molecule has 1 aromatic heterocycles. The number of benzene rings is 1. The van der Waals surface area contributed by atoms with Crippen LogP contribution in [0.1, 0.15) is 34.8 Å². The minimum atomic E-state index is -1.59. The standard InChI is InChI=1S/C13H11F3N2OS/c1-2-10(13-17-3-4-20-13)18-12(19)7-5-8(14)11(16)9(15)6-7/h3-6,10H,2H2,1H3,(H,18,19). The lowest BCUT2D eigenvalue weighted by Gasteiger charge is -2.14. The molecule has 20 heavy (non-hydrogen) atoms. The van der Waals surface area contributed by atoms with Crippen LogP contribution in [0.3, 0.4) is 0 Å². The zero-order chi connectivity index (χ0) is 14.7. The Morgan fingerprint density at radius 2 is 2.00 bits per heavy atom. The molecule has 1 atom stereocenters. The Kier molecular flexibility index (Phi) is 4.39. The monoisotopic (exact) mass is 300 g/mol. The van der Waals surface area contributed by atoms with Crippen molar-refractivity contribution in [1.82, 2.24) is 10.3 Å². The molecule has 0 bridgehead atoms. The molecule has 0 fully saturated rings. The van der Waals surface area contributed by atoms with E-state index in [2.05, 4.69) is 10.3 Å². The highest BCUT2D eigenvalue weighted by molar-refractivity contribution is 7.09. The molecule has 2 rings (SSSR count). The average Bonchev–Trinajstić information content (AvgIpc) is 2.95. The van der Waals surface area contributed by atoms with Crippen molar-refractivity contribution in [1.29, 1.82) is 0 Å². The third-order valence-electron chi connectivity index (χ3n) is 2.71. The Bertz CT molecular complexity index is 593. The van der Waals surface area contributed by atoms with Gasteiger partial charge in [-0.3, -0.25) is 4.79 Å². The minimum absolute atomic E-state index is 0.267. The molecular weight excluding hydrogens is 289 g/mol. The van der Waals surface area contributed by atoms with E-state index in [1.165, 1.54) is 11.3 Å². The SMILES string of the molecule is CCC(NC(=O)c1cc(F)c(F)c(F)c1)c1nccs1. The molecule has 1 amide bonds. The van der Waals surface area contributed by atoms with Gasteiger partial charge in [0.15, 0.2) is 17.5 Å². The van der Waals surface area contributed by atoms with Crippen molar-refractivity contribution in [2.75, 3.05) is 0 Å². The van der Waals surface area contributed by atoms with E-state index in [4.69, 9.17) is 0 Å². The van der Waals surface area contributed by atoms with Crippen molar-refractivity contribution in [3.8, 4) is 0 Å². The molecule has 1 aromatic carbocycles. The van der Waals surface area contributed by atoms with Crippen LogP contribution in [0.15, 0.2) is 23.7 Å². The molecule has 1 heterocycles. The van der Waals surface area contributed by atoms with Crippen molar-refractivity contribution < 1.29 is 18.0 Å². The number of rotatable bonds is 4. The van der Waals surface area contributed by atoms with Crippen LogP contribution in [0.2, 0.25) is 0 Å². The maximum absolute atomic E-state index is 13.1. The topological polar surface area (TPSA) is 42.0 Å². The predicted octanol–water partition coefficient (Wildman–Crippen LogP) is 3.44. The van der Waals surface area contributed by atoms with Gasteiger partial charge in [0.1, 0.15) is 5.01 Å². The molecule has 106 valence electrons. The largest absolute Gasteiger partial charge is 0.343 e. The third kappa shape index (κ3) is 2.98. The predicted molar refractivity (Wildman–Crippen MR) is 68.9 cm³/mol. The van der Waals surface area contributed by atoms with Crippen LogP contribution >= 0.6 is 11.3 Å². The first-order valence-electron chi connectivity index (χ1n) is 5.87. The summed E-state index contributed by atoms with van der Waals surface area (Å²) in [7, 11) is 0. The number of amides is 1. The first kappa shape index (κ1) is 14.5. The number of nitrogens with one attached hydrogen (secondary N) is 1. The van der Waals surface area contributed by atoms with E-state index >= 15 is 0 Å².